The molecular formula is C20H19ClN6O2. The molecule has 0 unspecified atom stereocenters. The van der Waals surface area contributed by atoms with Gasteiger partial charge in [0, 0.05) is 30.0 Å². The van der Waals surface area contributed by atoms with E-state index in [2.05, 4.69) is 30.7 Å². The normalized spacial score (nSPS) is 13.8. The standard InChI is InChI=1S/C20H19ClN6O2/c21-14-1-3-15(4-2-14)23-18-13-22-8-7-16(18)24-20(28)17-5-6-19(26-25-17)27-9-11-29-12-10-27/h1-8,13,23H,9-12H2,(H,22,24,28). The fraction of sp³-hybridized carbons (Fsp3) is 0.200. The first-order valence-electron chi connectivity index (χ1n) is 9.13. The van der Waals surface area contributed by atoms with Crippen molar-refractivity contribution < 1.29 is 9.53 Å². The maximum absolute atomic E-state index is 12.6. The van der Waals surface area contributed by atoms with Crippen molar-refractivity contribution in [1.82, 2.24) is 15.2 Å². The van der Waals surface area contributed by atoms with E-state index in [-0.39, 0.29) is 11.6 Å². The van der Waals surface area contributed by atoms with Gasteiger partial charge in [0.25, 0.3) is 5.91 Å². The summed E-state index contributed by atoms with van der Waals surface area (Å²) < 4.78 is 5.34. The Kier molecular flexibility index (Phi) is 5.83. The summed E-state index contributed by atoms with van der Waals surface area (Å²) in [6.07, 6.45) is 3.24. The van der Waals surface area contributed by atoms with Gasteiger partial charge in [-0.2, -0.15) is 0 Å². The van der Waals surface area contributed by atoms with Crippen molar-refractivity contribution in [1.29, 1.82) is 0 Å². The average molecular weight is 411 g/mol. The first-order valence-corrected chi connectivity index (χ1v) is 9.51. The van der Waals surface area contributed by atoms with E-state index in [1.54, 1.807) is 42.7 Å². The summed E-state index contributed by atoms with van der Waals surface area (Å²) >= 11 is 5.92. The zero-order valence-corrected chi connectivity index (χ0v) is 16.3. The van der Waals surface area contributed by atoms with Crippen molar-refractivity contribution >= 4 is 40.4 Å². The molecule has 1 aromatic carbocycles. The maximum Gasteiger partial charge on any atom is 0.276 e. The molecule has 4 rings (SSSR count). The van der Waals surface area contributed by atoms with E-state index in [4.69, 9.17) is 16.3 Å². The second-order valence-corrected chi connectivity index (χ2v) is 6.82. The molecule has 0 spiro atoms. The smallest absolute Gasteiger partial charge is 0.276 e. The van der Waals surface area contributed by atoms with Gasteiger partial charge in [0.2, 0.25) is 0 Å². The third kappa shape index (κ3) is 4.79. The predicted octanol–water partition coefficient (Wildman–Crippen LogP) is 3.36. The van der Waals surface area contributed by atoms with Crippen LogP contribution in [-0.2, 0) is 4.74 Å². The lowest BCUT2D eigenvalue weighted by Gasteiger charge is -2.27. The first kappa shape index (κ1) is 19.1. The van der Waals surface area contributed by atoms with Crippen LogP contribution in [0.1, 0.15) is 10.5 Å². The number of hydrogen-bond acceptors (Lipinski definition) is 7. The fourth-order valence-corrected chi connectivity index (χ4v) is 3.01. The Bertz CT molecular complexity index is 975. The van der Waals surface area contributed by atoms with Crippen LogP contribution in [0.15, 0.2) is 54.9 Å². The highest BCUT2D eigenvalue weighted by Crippen LogP contribution is 2.25. The van der Waals surface area contributed by atoms with Gasteiger partial charge in [-0.05, 0) is 42.5 Å². The van der Waals surface area contributed by atoms with E-state index in [0.29, 0.717) is 29.6 Å². The van der Waals surface area contributed by atoms with Crippen LogP contribution in [0.2, 0.25) is 5.02 Å². The second kappa shape index (κ2) is 8.85. The van der Waals surface area contributed by atoms with Crippen LogP contribution in [0, 0.1) is 0 Å². The van der Waals surface area contributed by atoms with Crippen molar-refractivity contribution in [2.75, 3.05) is 41.8 Å². The molecule has 0 aliphatic carbocycles. The Labute approximate surface area is 172 Å². The van der Waals surface area contributed by atoms with Crippen molar-refractivity contribution in [3.05, 3.63) is 65.6 Å². The SMILES string of the molecule is O=C(Nc1ccncc1Nc1ccc(Cl)cc1)c1ccc(N2CCOCC2)nn1. The van der Waals surface area contributed by atoms with Gasteiger partial charge in [-0.25, -0.2) is 0 Å². The highest BCUT2D eigenvalue weighted by molar-refractivity contribution is 6.30. The number of hydrogen-bond donors (Lipinski definition) is 2. The number of anilines is 4. The van der Waals surface area contributed by atoms with E-state index in [0.717, 1.165) is 24.6 Å². The lowest BCUT2D eigenvalue weighted by molar-refractivity contribution is 0.102. The molecular weight excluding hydrogens is 392 g/mol. The van der Waals surface area contributed by atoms with E-state index in [1.165, 1.54) is 0 Å². The van der Waals surface area contributed by atoms with Crippen LogP contribution in [0.3, 0.4) is 0 Å². The van der Waals surface area contributed by atoms with Gasteiger partial charge in [0.1, 0.15) is 0 Å². The van der Waals surface area contributed by atoms with Crippen molar-refractivity contribution in [2.45, 2.75) is 0 Å². The molecule has 29 heavy (non-hydrogen) atoms. The van der Waals surface area contributed by atoms with E-state index in [9.17, 15) is 4.79 Å². The molecule has 0 atom stereocenters. The van der Waals surface area contributed by atoms with Gasteiger partial charge < -0.3 is 20.3 Å². The average Bonchev–Trinajstić information content (AvgIpc) is 2.77. The predicted molar refractivity (Wildman–Crippen MR) is 112 cm³/mol. The Balaban J connectivity index is 1.46. The Morgan fingerprint density at radius 2 is 1.79 bits per heavy atom. The summed E-state index contributed by atoms with van der Waals surface area (Å²) in [6, 6.07) is 12.4. The van der Waals surface area contributed by atoms with Gasteiger partial charge in [0.05, 0.1) is 30.8 Å². The third-order valence-electron chi connectivity index (χ3n) is 4.41. The molecule has 148 valence electrons. The first-order chi connectivity index (χ1) is 14.2. The van der Waals surface area contributed by atoms with Crippen LogP contribution >= 0.6 is 11.6 Å². The summed E-state index contributed by atoms with van der Waals surface area (Å²) in [5.74, 6) is 0.384. The van der Waals surface area contributed by atoms with Crippen molar-refractivity contribution in [3.63, 3.8) is 0 Å². The molecule has 1 amide bonds. The van der Waals surface area contributed by atoms with Crippen LogP contribution in [-0.4, -0.2) is 47.4 Å². The number of carbonyl (C=O) groups is 1. The number of amides is 1. The van der Waals surface area contributed by atoms with Crippen molar-refractivity contribution in [2.24, 2.45) is 0 Å². The summed E-state index contributed by atoms with van der Waals surface area (Å²) in [7, 11) is 0. The number of benzene rings is 1. The summed E-state index contributed by atoms with van der Waals surface area (Å²) in [6.45, 7) is 2.85. The number of aromatic nitrogens is 3. The van der Waals surface area contributed by atoms with E-state index >= 15 is 0 Å². The van der Waals surface area contributed by atoms with Gasteiger partial charge in [-0.15, -0.1) is 10.2 Å². The van der Waals surface area contributed by atoms with Gasteiger partial charge in [0.15, 0.2) is 11.5 Å². The van der Waals surface area contributed by atoms with Crippen LogP contribution in [0.5, 0.6) is 0 Å². The molecule has 0 saturated carbocycles. The number of halogens is 1. The van der Waals surface area contributed by atoms with E-state index in [1.807, 2.05) is 12.1 Å². The number of ether oxygens (including phenoxy) is 1. The van der Waals surface area contributed by atoms with Crippen LogP contribution in [0.4, 0.5) is 22.9 Å². The minimum Gasteiger partial charge on any atom is -0.378 e. The number of rotatable bonds is 5. The molecule has 0 radical (unpaired) electrons. The number of pyridine rings is 1. The Morgan fingerprint density at radius 3 is 2.52 bits per heavy atom. The summed E-state index contributed by atoms with van der Waals surface area (Å²) in [4.78, 5) is 18.8. The van der Waals surface area contributed by atoms with Crippen LogP contribution in [0.25, 0.3) is 0 Å². The summed E-state index contributed by atoms with van der Waals surface area (Å²) in [5.41, 5.74) is 2.30. The largest absolute Gasteiger partial charge is 0.378 e. The molecule has 3 heterocycles. The monoisotopic (exact) mass is 410 g/mol. The van der Waals surface area contributed by atoms with Gasteiger partial charge >= 0.3 is 0 Å². The quantitative estimate of drug-likeness (QED) is 0.666. The molecule has 9 heteroatoms. The van der Waals surface area contributed by atoms with Crippen molar-refractivity contribution in [3.8, 4) is 0 Å². The van der Waals surface area contributed by atoms with Gasteiger partial charge in [-0.3, -0.25) is 9.78 Å². The molecule has 8 nitrogen and oxygen atoms in total. The molecule has 1 aliphatic rings. The Morgan fingerprint density at radius 1 is 1.00 bits per heavy atom. The molecule has 2 N–H and O–H groups in total. The summed E-state index contributed by atoms with van der Waals surface area (Å²) in [5, 5.41) is 15.0. The number of nitrogens with one attached hydrogen (secondary N) is 2. The molecule has 3 aromatic rings. The molecule has 0 bridgehead atoms. The highest BCUT2D eigenvalue weighted by Gasteiger charge is 2.15. The highest BCUT2D eigenvalue weighted by atomic mass is 35.5. The fourth-order valence-electron chi connectivity index (χ4n) is 2.89. The lowest BCUT2D eigenvalue weighted by Crippen LogP contribution is -2.37. The minimum absolute atomic E-state index is 0.233. The molecule has 1 saturated heterocycles. The third-order valence-corrected chi connectivity index (χ3v) is 4.66. The van der Waals surface area contributed by atoms with Crippen LogP contribution < -0.4 is 15.5 Å². The Hall–Kier alpha value is -3.23. The zero-order chi connectivity index (χ0) is 20.1. The van der Waals surface area contributed by atoms with Gasteiger partial charge in [-0.1, -0.05) is 11.6 Å². The number of morpholine rings is 1. The topological polar surface area (TPSA) is 92.3 Å². The molecule has 1 aliphatic heterocycles. The number of nitrogens with zero attached hydrogens (tertiary/aromatic N) is 4. The number of carbonyl (C=O) groups excluding carboxylic acids is 1. The maximum atomic E-state index is 12.6. The lowest BCUT2D eigenvalue weighted by atomic mass is 10.2. The zero-order valence-electron chi connectivity index (χ0n) is 15.5. The molecule has 1 fully saturated rings. The molecule has 2 aromatic heterocycles. The second-order valence-electron chi connectivity index (χ2n) is 6.38. The van der Waals surface area contributed by atoms with E-state index < -0.39 is 0 Å². The minimum atomic E-state index is -0.351.